The average molecular weight is 388 g/mol. The molecule has 144 valence electrons. The van der Waals surface area contributed by atoms with E-state index in [0.717, 1.165) is 17.1 Å². The first kappa shape index (κ1) is 18.2. The zero-order chi connectivity index (χ0) is 19.3. The molecule has 1 aromatic carbocycles. The second kappa shape index (κ2) is 6.45. The van der Waals surface area contributed by atoms with E-state index in [1.807, 2.05) is 43.8 Å². The molecule has 2 fully saturated rings. The van der Waals surface area contributed by atoms with Gasteiger partial charge in [-0.15, -0.1) is 0 Å². The summed E-state index contributed by atoms with van der Waals surface area (Å²) in [6.45, 7) is 5.17. The number of carbonyl (C=O) groups is 1. The van der Waals surface area contributed by atoms with Crippen molar-refractivity contribution >= 4 is 15.7 Å². The lowest BCUT2D eigenvalue weighted by atomic mass is 10.0. The third-order valence-corrected chi connectivity index (χ3v) is 7.28. The van der Waals surface area contributed by atoms with E-state index in [-0.39, 0.29) is 29.5 Å². The Morgan fingerprint density at radius 2 is 1.74 bits per heavy atom. The number of hydrogen-bond acceptors (Lipinski definition) is 5. The van der Waals surface area contributed by atoms with Crippen molar-refractivity contribution in [2.24, 2.45) is 0 Å². The largest absolute Gasteiger partial charge is 0.332 e. The van der Waals surface area contributed by atoms with Crippen LogP contribution in [-0.4, -0.2) is 77.6 Å². The molecule has 0 radical (unpaired) electrons. The molecule has 4 rings (SSSR count). The lowest BCUT2D eigenvalue weighted by Gasteiger charge is -2.42. The minimum atomic E-state index is -3.10. The van der Waals surface area contributed by atoms with Crippen molar-refractivity contribution in [3.63, 3.8) is 0 Å². The van der Waals surface area contributed by atoms with Crippen molar-refractivity contribution in [2.75, 3.05) is 31.6 Å². The summed E-state index contributed by atoms with van der Waals surface area (Å²) in [5.41, 5.74) is 3.45. The first-order valence-corrected chi connectivity index (χ1v) is 10.9. The van der Waals surface area contributed by atoms with E-state index in [0.29, 0.717) is 18.7 Å². The molecular formula is C19H24N4O3S. The number of likely N-dealkylation sites (N-methyl/N-ethyl adjacent to an activating group) is 1. The van der Waals surface area contributed by atoms with E-state index in [2.05, 4.69) is 10.00 Å². The number of hydrogen-bond donors (Lipinski definition) is 0. The Bertz CT molecular complexity index is 981. The maximum absolute atomic E-state index is 13.1. The minimum Gasteiger partial charge on any atom is -0.332 e. The molecule has 1 amide bonds. The third-order valence-electron chi connectivity index (χ3n) is 5.58. The Kier molecular flexibility index (Phi) is 4.35. The molecule has 0 N–H and O–H groups in total. The van der Waals surface area contributed by atoms with Gasteiger partial charge in [0.05, 0.1) is 28.9 Å². The molecule has 8 heteroatoms. The third kappa shape index (κ3) is 3.27. The standard InChI is InChI=1S/C19H24N4O3S/c1-13-10-14(2)23(20-13)16-6-4-15(5-7-16)19(24)22-9-8-21(3)17-11-27(25,26)12-18(17)22/h4-7,10,17-18H,8-9,11-12H2,1-3H3/t17-,18+/m0/s1. The summed E-state index contributed by atoms with van der Waals surface area (Å²) in [5, 5.41) is 4.46. The molecule has 0 bridgehead atoms. The zero-order valence-corrected chi connectivity index (χ0v) is 16.6. The van der Waals surface area contributed by atoms with Crippen molar-refractivity contribution in [1.29, 1.82) is 0 Å². The number of aryl methyl sites for hydroxylation is 2. The number of nitrogens with zero attached hydrogens (tertiary/aromatic N) is 4. The summed E-state index contributed by atoms with van der Waals surface area (Å²) in [4.78, 5) is 16.9. The van der Waals surface area contributed by atoms with E-state index in [1.165, 1.54) is 0 Å². The number of benzene rings is 1. The van der Waals surface area contributed by atoms with Gasteiger partial charge in [0.2, 0.25) is 0 Å². The van der Waals surface area contributed by atoms with E-state index < -0.39 is 9.84 Å². The highest BCUT2D eigenvalue weighted by Crippen LogP contribution is 2.27. The van der Waals surface area contributed by atoms with E-state index in [4.69, 9.17) is 0 Å². The SMILES string of the molecule is Cc1cc(C)n(-c2ccc(C(=O)N3CCN(C)[C@H]4CS(=O)(=O)C[C@H]43)cc2)n1. The lowest BCUT2D eigenvalue weighted by Crippen LogP contribution is -2.59. The molecule has 2 atom stereocenters. The van der Waals surface area contributed by atoms with Gasteiger partial charge in [0.15, 0.2) is 9.84 Å². The normalized spacial score (nSPS) is 24.8. The predicted molar refractivity (Wildman–Crippen MR) is 103 cm³/mol. The van der Waals surface area contributed by atoms with E-state index >= 15 is 0 Å². The molecule has 1 aromatic heterocycles. The Labute approximate surface area is 159 Å². The van der Waals surface area contributed by atoms with Gasteiger partial charge in [-0.1, -0.05) is 0 Å². The van der Waals surface area contributed by atoms with Crippen molar-refractivity contribution in [1.82, 2.24) is 19.6 Å². The molecular weight excluding hydrogens is 364 g/mol. The van der Waals surface area contributed by atoms with Gasteiger partial charge in [-0.3, -0.25) is 9.69 Å². The fraction of sp³-hybridized carbons (Fsp3) is 0.474. The van der Waals surface area contributed by atoms with Crippen LogP contribution in [0.4, 0.5) is 0 Å². The molecule has 0 spiro atoms. The first-order chi connectivity index (χ1) is 12.7. The van der Waals surface area contributed by atoms with Crippen LogP contribution in [0.1, 0.15) is 21.7 Å². The van der Waals surface area contributed by atoms with E-state index in [1.54, 1.807) is 17.0 Å². The van der Waals surface area contributed by atoms with Crippen molar-refractivity contribution < 1.29 is 13.2 Å². The number of sulfone groups is 1. The highest BCUT2D eigenvalue weighted by atomic mass is 32.2. The Morgan fingerprint density at radius 3 is 2.37 bits per heavy atom. The van der Waals surface area contributed by atoms with Crippen LogP contribution in [0.2, 0.25) is 0 Å². The number of amides is 1. The summed E-state index contributed by atoms with van der Waals surface area (Å²) >= 11 is 0. The number of aromatic nitrogens is 2. The topological polar surface area (TPSA) is 75.5 Å². The average Bonchev–Trinajstić information content (AvgIpc) is 3.13. The van der Waals surface area contributed by atoms with Gasteiger partial charge in [-0.05, 0) is 51.2 Å². The molecule has 2 aliphatic rings. The van der Waals surface area contributed by atoms with Gasteiger partial charge >= 0.3 is 0 Å². The fourth-order valence-electron chi connectivity index (χ4n) is 4.18. The molecule has 2 aliphatic heterocycles. The van der Waals surface area contributed by atoms with Crippen LogP contribution in [0.25, 0.3) is 5.69 Å². The first-order valence-electron chi connectivity index (χ1n) is 9.10. The van der Waals surface area contributed by atoms with Crippen LogP contribution in [0, 0.1) is 13.8 Å². The molecule has 3 heterocycles. The Morgan fingerprint density at radius 1 is 1.07 bits per heavy atom. The van der Waals surface area contributed by atoms with Crippen LogP contribution in [0.15, 0.2) is 30.3 Å². The monoisotopic (exact) mass is 388 g/mol. The van der Waals surface area contributed by atoms with Gasteiger partial charge in [0.25, 0.3) is 5.91 Å². The quantitative estimate of drug-likeness (QED) is 0.769. The second-order valence-corrected chi connectivity index (χ2v) is 9.73. The van der Waals surface area contributed by atoms with Crippen LogP contribution in [0.5, 0.6) is 0 Å². The molecule has 27 heavy (non-hydrogen) atoms. The zero-order valence-electron chi connectivity index (χ0n) is 15.8. The molecule has 2 saturated heterocycles. The molecule has 0 aliphatic carbocycles. The predicted octanol–water partition coefficient (Wildman–Crippen LogP) is 1.04. The van der Waals surface area contributed by atoms with Crippen LogP contribution >= 0.6 is 0 Å². The maximum atomic E-state index is 13.1. The van der Waals surface area contributed by atoms with Crippen LogP contribution < -0.4 is 0 Å². The van der Waals surface area contributed by atoms with Crippen molar-refractivity contribution in [3.8, 4) is 5.69 Å². The highest BCUT2D eigenvalue weighted by Gasteiger charge is 2.47. The Balaban J connectivity index is 1.58. The van der Waals surface area contributed by atoms with Crippen LogP contribution in [-0.2, 0) is 9.84 Å². The summed E-state index contributed by atoms with van der Waals surface area (Å²) < 4.78 is 26.1. The molecule has 0 unspecified atom stereocenters. The second-order valence-electron chi connectivity index (χ2n) is 7.58. The number of rotatable bonds is 2. The van der Waals surface area contributed by atoms with E-state index in [9.17, 15) is 13.2 Å². The van der Waals surface area contributed by atoms with Gasteiger partial charge in [-0.2, -0.15) is 5.10 Å². The smallest absolute Gasteiger partial charge is 0.254 e. The lowest BCUT2D eigenvalue weighted by molar-refractivity contribution is 0.0410. The number of fused-ring (bicyclic) bond motifs is 1. The van der Waals surface area contributed by atoms with Crippen molar-refractivity contribution in [3.05, 3.63) is 47.3 Å². The molecule has 2 aromatic rings. The van der Waals surface area contributed by atoms with Gasteiger partial charge in [-0.25, -0.2) is 13.1 Å². The molecule has 0 saturated carbocycles. The minimum absolute atomic E-state index is 0.0532. The van der Waals surface area contributed by atoms with Crippen molar-refractivity contribution in [2.45, 2.75) is 25.9 Å². The highest BCUT2D eigenvalue weighted by molar-refractivity contribution is 7.91. The summed E-state index contributed by atoms with van der Waals surface area (Å²) in [7, 11) is -1.17. The summed E-state index contributed by atoms with van der Waals surface area (Å²) in [6.07, 6.45) is 0. The fourth-order valence-corrected chi connectivity index (χ4v) is 6.24. The number of carbonyl (C=O) groups excluding carboxylic acids is 1. The molecule has 7 nitrogen and oxygen atoms in total. The summed E-state index contributed by atoms with van der Waals surface area (Å²) in [6, 6.07) is 8.98. The number of piperazine rings is 1. The van der Waals surface area contributed by atoms with Gasteiger partial charge in [0, 0.05) is 30.4 Å². The van der Waals surface area contributed by atoms with Gasteiger partial charge < -0.3 is 4.90 Å². The van der Waals surface area contributed by atoms with Crippen LogP contribution in [0.3, 0.4) is 0 Å². The van der Waals surface area contributed by atoms with Gasteiger partial charge in [0.1, 0.15) is 0 Å². The Hall–Kier alpha value is -2.19. The maximum Gasteiger partial charge on any atom is 0.254 e. The summed E-state index contributed by atoms with van der Waals surface area (Å²) in [5.74, 6) is 0.0852.